The lowest BCUT2D eigenvalue weighted by Gasteiger charge is -2.36. The van der Waals surface area contributed by atoms with Crippen LogP contribution in [0.3, 0.4) is 0 Å². The maximum absolute atomic E-state index is 13.6. The minimum absolute atomic E-state index is 0.187. The van der Waals surface area contributed by atoms with Gasteiger partial charge in [-0.1, -0.05) is 25.1 Å². The lowest BCUT2D eigenvalue weighted by molar-refractivity contribution is 0.195. The van der Waals surface area contributed by atoms with Gasteiger partial charge in [0.25, 0.3) is 0 Å². The second-order valence-electron chi connectivity index (χ2n) is 7.86. The van der Waals surface area contributed by atoms with Crippen LogP contribution in [0.5, 0.6) is 5.75 Å². The molecule has 31 heavy (non-hydrogen) atoms. The number of urea groups is 1. The zero-order chi connectivity index (χ0) is 22.1. The highest BCUT2D eigenvalue weighted by Gasteiger charge is 2.35. The smallest absolute Gasteiger partial charge is 0.322 e. The number of thiophene rings is 1. The first-order valence-corrected chi connectivity index (χ1v) is 11.3. The zero-order valence-corrected chi connectivity index (χ0v) is 19.1. The van der Waals surface area contributed by atoms with Gasteiger partial charge in [-0.15, -0.1) is 11.3 Å². The number of amides is 2. The molecule has 162 valence electrons. The van der Waals surface area contributed by atoms with Crippen molar-refractivity contribution in [3.05, 3.63) is 80.3 Å². The summed E-state index contributed by atoms with van der Waals surface area (Å²) in [6.45, 7) is 6.89. The Bertz CT molecular complexity index is 1110. The lowest BCUT2D eigenvalue weighted by atomic mass is 9.92. The number of aryl methyl sites for hydroxylation is 2. The molecule has 1 N–H and O–H groups in total. The van der Waals surface area contributed by atoms with Crippen molar-refractivity contribution in [1.82, 2.24) is 4.90 Å². The Morgan fingerprint density at radius 1 is 1.23 bits per heavy atom. The number of halogens is 1. The van der Waals surface area contributed by atoms with Crippen LogP contribution >= 0.6 is 11.3 Å². The van der Waals surface area contributed by atoms with Crippen LogP contribution in [0.25, 0.3) is 0 Å². The molecule has 2 aromatic carbocycles. The van der Waals surface area contributed by atoms with E-state index < -0.39 is 0 Å². The van der Waals surface area contributed by atoms with Gasteiger partial charge in [-0.25, -0.2) is 9.18 Å². The molecule has 1 aliphatic rings. The average Bonchev–Trinajstić information content (AvgIpc) is 3.08. The summed E-state index contributed by atoms with van der Waals surface area (Å²) >= 11 is 1.75. The second kappa shape index (κ2) is 8.71. The van der Waals surface area contributed by atoms with Gasteiger partial charge in [0.05, 0.1) is 18.8 Å². The number of carbonyl (C=O) groups is 1. The first kappa shape index (κ1) is 21.4. The zero-order valence-electron chi connectivity index (χ0n) is 18.3. The number of rotatable bonds is 4. The molecule has 3 aromatic rings. The van der Waals surface area contributed by atoms with Crippen LogP contribution in [-0.4, -0.2) is 24.6 Å². The fraction of sp³-hybridized carbons (Fsp3) is 0.320. The van der Waals surface area contributed by atoms with Crippen molar-refractivity contribution in [2.24, 2.45) is 0 Å². The van der Waals surface area contributed by atoms with E-state index in [1.54, 1.807) is 30.6 Å². The third kappa shape index (κ3) is 4.04. The van der Waals surface area contributed by atoms with Crippen molar-refractivity contribution in [2.45, 2.75) is 39.7 Å². The van der Waals surface area contributed by atoms with Crippen LogP contribution in [0.2, 0.25) is 0 Å². The van der Waals surface area contributed by atoms with E-state index in [4.69, 9.17) is 4.74 Å². The molecule has 1 aromatic heterocycles. The largest absolute Gasteiger partial charge is 0.495 e. The molecule has 0 bridgehead atoms. The summed E-state index contributed by atoms with van der Waals surface area (Å²) in [6, 6.07) is 11.8. The molecular formula is C25H27FN2O2S. The number of fused-ring (bicyclic) bond motifs is 1. The number of hydrogen-bond donors (Lipinski definition) is 1. The van der Waals surface area contributed by atoms with E-state index in [1.165, 1.54) is 33.0 Å². The van der Waals surface area contributed by atoms with Crippen molar-refractivity contribution < 1.29 is 13.9 Å². The van der Waals surface area contributed by atoms with Crippen molar-refractivity contribution in [1.29, 1.82) is 0 Å². The molecular weight excluding hydrogens is 411 g/mol. The predicted molar refractivity (Wildman–Crippen MR) is 124 cm³/mol. The van der Waals surface area contributed by atoms with Gasteiger partial charge in [-0.2, -0.15) is 0 Å². The van der Waals surface area contributed by atoms with Gasteiger partial charge in [0, 0.05) is 16.3 Å². The van der Waals surface area contributed by atoms with Crippen molar-refractivity contribution in [3.8, 4) is 5.75 Å². The van der Waals surface area contributed by atoms with E-state index in [0.29, 0.717) is 18.0 Å². The number of hydrogen-bond acceptors (Lipinski definition) is 3. The minimum Gasteiger partial charge on any atom is -0.495 e. The molecule has 0 aliphatic carbocycles. The summed E-state index contributed by atoms with van der Waals surface area (Å²) < 4.78 is 19.1. The topological polar surface area (TPSA) is 41.6 Å². The van der Waals surface area contributed by atoms with Gasteiger partial charge in [0.2, 0.25) is 0 Å². The van der Waals surface area contributed by atoms with E-state index in [1.807, 2.05) is 30.0 Å². The number of ether oxygens (including phenoxy) is 1. The number of carbonyl (C=O) groups excluding carboxylic acids is 1. The number of nitrogens with one attached hydrogen (secondary N) is 1. The summed E-state index contributed by atoms with van der Waals surface area (Å²) in [5.41, 5.74) is 5.32. The maximum Gasteiger partial charge on any atom is 0.322 e. The quantitative estimate of drug-likeness (QED) is 0.523. The van der Waals surface area contributed by atoms with Crippen LogP contribution in [0, 0.1) is 19.7 Å². The molecule has 2 amide bonds. The molecule has 0 radical (unpaired) electrons. The SMILES string of the molecule is CCc1c(C)sc2c1CCN(C(=O)Nc1cc(C)ccc1OC)[C@H]2c1ccc(F)cc1. The first-order valence-electron chi connectivity index (χ1n) is 10.5. The van der Waals surface area contributed by atoms with E-state index in [9.17, 15) is 9.18 Å². The number of anilines is 1. The molecule has 1 aliphatic heterocycles. The Morgan fingerprint density at radius 3 is 2.65 bits per heavy atom. The third-order valence-electron chi connectivity index (χ3n) is 5.91. The summed E-state index contributed by atoms with van der Waals surface area (Å²) in [5, 5.41) is 3.04. The van der Waals surface area contributed by atoms with Gasteiger partial charge >= 0.3 is 6.03 Å². The van der Waals surface area contributed by atoms with Crippen molar-refractivity contribution in [3.63, 3.8) is 0 Å². The number of benzene rings is 2. The normalized spacial score (nSPS) is 15.5. The van der Waals surface area contributed by atoms with E-state index in [0.717, 1.165) is 24.0 Å². The molecule has 0 fully saturated rings. The molecule has 0 unspecified atom stereocenters. The summed E-state index contributed by atoms with van der Waals surface area (Å²) in [5.74, 6) is 0.340. The Kier molecular flexibility index (Phi) is 6.01. The summed E-state index contributed by atoms with van der Waals surface area (Å²) in [4.78, 5) is 17.8. The van der Waals surface area contributed by atoms with Gasteiger partial charge in [0.1, 0.15) is 11.6 Å². The standard InChI is InChI=1S/C25H27FN2O2S/c1-5-19-16(3)31-24-20(19)12-13-28(23(24)17-7-9-18(26)10-8-17)25(29)27-21-14-15(2)6-11-22(21)30-4/h6-11,14,23H,5,12-13H2,1-4H3,(H,27,29)/t23-/m0/s1. The number of nitrogens with zero attached hydrogens (tertiary/aromatic N) is 1. The average molecular weight is 439 g/mol. The van der Waals surface area contributed by atoms with Crippen LogP contribution in [0.15, 0.2) is 42.5 Å². The van der Waals surface area contributed by atoms with Gasteiger partial charge in [-0.3, -0.25) is 0 Å². The minimum atomic E-state index is -0.281. The van der Waals surface area contributed by atoms with E-state index in [2.05, 4.69) is 19.2 Å². The molecule has 0 saturated carbocycles. The van der Waals surface area contributed by atoms with Gasteiger partial charge in [0.15, 0.2) is 0 Å². The van der Waals surface area contributed by atoms with E-state index in [-0.39, 0.29) is 17.9 Å². The molecule has 6 heteroatoms. The fourth-order valence-electron chi connectivity index (χ4n) is 4.41. The van der Waals surface area contributed by atoms with Crippen LogP contribution in [0.1, 0.15) is 45.0 Å². The van der Waals surface area contributed by atoms with Crippen molar-refractivity contribution >= 4 is 23.1 Å². The van der Waals surface area contributed by atoms with Gasteiger partial charge < -0.3 is 15.0 Å². The first-order chi connectivity index (χ1) is 14.9. The molecule has 0 saturated heterocycles. The Balaban J connectivity index is 1.74. The van der Waals surface area contributed by atoms with Crippen LogP contribution in [-0.2, 0) is 12.8 Å². The third-order valence-corrected chi connectivity index (χ3v) is 7.15. The fourth-order valence-corrected chi connectivity index (χ4v) is 5.86. The Morgan fingerprint density at radius 2 is 1.97 bits per heavy atom. The van der Waals surface area contributed by atoms with Crippen LogP contribution in [0.4, 0.5) is 14.9 Å². The molecule has 4 nitrogen and oxygen atoms in total. The number of methoxy groups -OCH3 is 1. The predicted octanol–water partition coefficient (Wildman–Crippen LogP) is 6.25. The molecule has 2 heterocycles. The van der Waals surface area contributed by atoms with Crippen LogP contribution < -0.4 is 10.1 Å². The molecule has 0 spiro atoms. The van der Waals surface area contributed by atoms with Gasteiger partial charge in [-0.05, 0) is 73.2 Å². The van der Waals surface area contributed by atoms with Crippen molar-refractivity contribution in [2.75, 3.05) is 19.0 Å². The molecule has 4 rings (SSSR count). The summed E-state index contributed by atoms with van der Waals surface area (Å²) in [6.07, 6.45) is 1.79. The Labute approximate surface area is 186 Å². The summed E-state index contributed by atoms with van der Waals surface area (Å²) in [7, 11) is 1.59. The highest BCUT2D eigenvalue weighted by atomic mass is 32.1. The van der Waals surface area contributed by atoms with E-state index >= 15 is 0 Å². The maximum atomic E-state index is 13.6. The Hall–Kier alpha value is -2.86. The molecule has 1 atom stereocenters. The lowest BCUT2D eigenvalue weighted by Crippen LogP contribution is -2.42. The monoisotopic (exact) mass is 438 g/mol. The highest BCUT2D eigenvalue weighted by Crippen LogP contribution is 2.43. The second-order valence-corrected chi connectivity index (χ2v) is 9.12. The highest BCUT2D eigenvalue weighted by molar-refractivity contribution is 7.12.